The molecule has 0 unspecified atom stereocenters. The van der Waals surface area contributed by atoms with E-state index in [4.69, 9.17) is 4.74 Å². The molecule has 0 bridgehead atoms. The highest BCUT2D eigenvalue weighted by Gasteiger charge is 2.18. The zero-order valence-electron chi connectivity index (χ0n) is 11.8. The van der Waals surface area contributed by atoms with E-state index in [1.54, 1.807) is 6.07 Å². The topological polar surface area (TPSA) is 69.4 Å². The summed E-state index contributed by atoms with van der Waals surface area (Å²) in [5.74, 6) is -0.0171. The predicted octanol–water partition coefficient (Wildman–Crippen LogP) is 3.34. The SMILES string of the molecule is COc1ccc(C(=O)Cc2ccc(C)cc2)cc1[N+](=O)[O-]. The largest absolute Gasteiger partial charge is 0.490 e. The lowest BCUT2D eigenvalue weighted by molar-refractivity contribution is -0.385. The van der Waals surface area contributed by atoms with Gasteiger partial charge in [0, 0.05) is 18.1 Å². The van der Waals surface area contributed by atoms with Crippen molar-refractivity contribution in [2.75, 3.05) is 7.11 Å². The van der Waals surface area contributed by atoms with E-state index in [1.807, 2.05) is 31.2 Å². The summed E-state index contributed by atoms with van der Waals surface area (Å²) in [5, 5.41) is 11.0. The first kappa shape index (κ1) is 14.7. The molecular formula is C16H15NO4. The molecule has 2 aromatic rings. The summed E-state index contributed by atoms with van der Waals surface area (Å²) in [6, 6.07) is 11.9. The summed E-state index contributed by atoms with van der Waals surface area (Å²) in [5.41, 5.74) is 2.10. The molecule has 0 amide bonds. The van der Waals surface area contributed by atoms with E-state index in [9.17, 15) is 14.9 Å². The molecule has 2 aromatic carbocycles. The third kappa shape index (κ3) is 3.45. The number of nitrogens with zero attached hydrogens (tertiary/aromatic N) is 1. The van der Waals surface area contributed by atoms with Crippen molar-refractivity contribution in [2.45, 2.75) is 13.3 Å². The molecule has 5 nitrogen and oxygen atoms in total. The molecule has 0 spiro atoms. The van der Waals surface area contributed by atoms with Crippen molar-refractivity contribution in [1.82, 2.24) is 0 Å². The van der Waals surface area contributed by atoms with Crippen molar-refractivity contribution in [3.63, 3.8) is 0 Å². The van der Waals surface area contributed by atoms with Gasteiger partial charge in [-0.25, -0.2) is 0 Å². The number of nitro groups is 1. The van der Waals surface area contributed by atoms with Crippen molar-refractivity contribution in [3.8, 4) is 5.75 Å². The van der Waals surface area contributed by atoms with Gasteiger partial charge < -0.3 is 4.74 Å². The molecule has 5 heteroatoms. The van der Waals surface area contributed by atoms with E-state index in [0.29, 0.717) is 5.56 Å². The van der Waals surface area contributed by atoms with Crippen LogP contribution in [0, 0.1) is 17.0 Å². The monoisotopic (exact) mass is 285 g/mol. The molecule has 0 aliphatic carbocycles. The molecule has 0 heterocycles. The van der Waals surface area contributed by atoms with E-state index in [2.05, 4.69) is 0 Å². The Morgan fingerprint density at radius 3 is 2.43 bits per heavy atom. The first-order chi connectivity index (χ1) is 10.0. The molecule has 0 aliphatic heterocycles. The quantitative estimate of drug-likeness (QED) is 0.480. The Hall–Kier alpha value is -2.69. The lowest BCUT2D eigenvalue weighted by Crippen LogP contribution is -2.05. The second-order valence-electron chi connectivity index (χ2n) is 4.73. The van der Waals surface area contributed by atoms with Gasteiger partial charge in [-0.15, -0.1) is 0 Å². The molecule has 0 N–H and O–H groups in total. The number of methoxy groups -OCH3 is 1. The van der Waals surface area contributed by atoms with Crippen LogP contribution < -0.4 is 4.74 Å². The number of rotatable bonds is 5. The molecule has 0 saturated heterocycles. The Bertz CT molecular complexity index is 677. The van der Waals surface area contributed by atoms with Gasteiger partial charge in [-0.1, -0.05) is 29.8 Å². The molecule has 0 atom stereocenters. The van der Waals surface area contributed by atoms with Crippen molar-refractivity contribution in [3.05, 3.63) is 69.3 Å². The van der Waals surface area contributed by atoms with E-state index >= 15 is 0 Å². The maximum atomic E-state index is 12.2. The third-order valence-corrected chi connectivity index (χ3v) is 3.18. The Labute approximate surface area is 122 Å². The first-order valence-corrected chi connectivity index (χ1v) is 6.42. The van der Waals surface area contributed by atoms with Gasteiger partial charge in [-0.3, -0.25) is 14.9 Å². The molecule has 2 rings (SSSR count). The number of carbonyl (C=O) groups excluding carboxylic acids is 1. The number of hydrogen-bond donors (Lipinski definition) is 0. The lowest BCUT2D eigenvalue weighted by Gasteiger charge is -2.05. The van der Waals surface area contributed by atoms with E-state index in [1.165, 1.54) is 19.2 Å². The Morgan fingerprint density at radius 2 is 1.86 bits per heavy atom. The van der Waals surface area contributed by atoms with Crippen molar-refractivity contribution >= 4 is 11.5 Å². The molecule has 0 saturated carbocycles. The van der Waals surface area contributed by atoms with E-state index in [0.717, 1.165) is 11.1 Å². The van der Waals surface area contributed by atoms with E-state index in [-0.39, 0.29) is 23.6 Å². The molecular weight excluding hydrogens is 270 g/mol. The van der Waals surface area contributed by atoms with E-state index < -0.39 is 4.92 Å². The minimum Gasteiger partial charge on any atom is -0.490 e. The third-order valence-electron chi connectivity index (χ3n) is 3.18. The maximum Gasteiger partial charge on any atom is 0.311 e. The number of aryl methyl sites for hydroxylation is 1. The molecule has 0 aliphatic rings. The lowest BCUT2D eigenvalue weighted by atomic mass is 10.0. The average Bonchev–Trinajstić information content (AvgIpc) is 2.48. The summed E-state index contributed by atoms with van der Waals surface area (Å²) < 4.78 is 4.92. The van der Waals surface area contributed by atoms with Crippen LogP contribution >= 0.6 is 0 Å². The molecule has 0 radical (unpaired) electrons. The Kier molecular flexibility index (Phi) is 4.33. The zero-order chi connectivity index (χ0) is 15.4. The number of benzene rings is 2. The predicted molar refractivity (Wildman–Crippen MR) is 78.9 cm³/mol. The fraction of sp³-hybridized carbons (Fsp3) is 0.188. The van der Waals surface area contributed by atoms with Gasteiger partial charge in [0.1, 0.15) is 0 Å². The average molecular weight is 285 g/mol. The summed E-state index contributed by atoms with van der Waals surface area (Å²) in [4.78, 5) is 22.6. The number of carbonyl (C=O) groups is 1. The van der Waals surface area contributed by atoms with Crippen LogP contribution in [0.3, 0.4) is 0 Å². The van der Waals surface area contributed by atoms with Crippen molar-refractivity contribution in [2.24, 2.45) is 0 Å². The van der Waals surface area contributed by atoms with Crippen LogP contribution in [0.1, 0.15) is 21.5 Å². The number of hydrogen-bond acceptors (Lipinski definition) is 4. The smallest absolute Gasteiger partial charge is 0.311 e. The van der Waals surface area contributed by atoms with Crippen LogP contribution in [0.15, 0.2) is 42.5 Å². The second kappa shape index (κ2) is 6.17. The summed E-state index contributed by atoms with van der Waals surface area (Å²) in [6.07, 6.45) is 0.212. The standard InChI is InChI=1S/C16H15NO4/c1-11-3-5-12(6-4-11)9-15(18)13-7-8-16(21-2)14(10-13)17(19)20/h3-8,10H,9H2,1-2H3. The fourth-order valence-corrected chi connectivity index (χ4v) is 2.00. The highest BCUT2D eigenvalue weighted by molar-refractivity contribution is 5.98. The van der Waals surface area contributed by atoms with Crippen molar-refractivity contribution in [1.29, 1.82) is 0 Å². The van der Waals surface area contributed by atoms with Crippen LogP contribution in [0.25, 0.3) is 0 Å². The second-order valence-corrected chi connectivity index (χ2v) is 4.73. The maximum absolute atomic E-state index is 12.2. The minimum atomic E-state index is -0.554. The summed E-state index contributed by atoms with van der Waals surface area (Å²) >= 11 is 0. The highest BCUT2D eigenvalue weighted by atomic mass is 16.6. The summed E-state index contributed by atoms with van der Waals surface area (Å²) in [7, 11) is 1.36. The van der Waals surface area contributed by atoms with Gasteiger partial charge in [0.15, 0.2) is 11.5 Å². The van der Waals surface area contributed by atoms with Crippen LogP contribution in [0.2, 0.25) is 0 Å². The summed E-state index contributed by atoms with van der Waals surface area (Å²) in [6.45, 7) is 1.97. The van der Waals surface area contributed by atoms with Crippen LogP contribution in [0.4, 0.5) is 5.69 Å². The van der Waals surface area contributed by atoms with Crippen LogP contribution in [0.5, 0.6) is 5.75 Å². The van der Waals surface area contributed by atoms with Gasteiger partial charge in [-0.2, -0.15) is 0 Å². The molecule has 21 heavy (non-hydrogen) atoms. The first-order valence-electron chi connectivity index (χ1n) is 6.42. The van der Waals surface area contributed by atoms with Gasteiger partial charge in [0.05, 0.1) is 12.0 Å². The molecule has 108 valence electrons. The zero-order valence-corrected chi connectivity index (χ0v) is 11.8. The molecule has 0 fully saturated rings. The normalized spacial score (nSPS) is 10.2. The van der Waals surface area contributed by atoms with Gasteiger partial charge in [0.2, 0.25) is 0 Å². The molecule has 0 aromatic heterocycles. The number of nitro benzene ring substituents is 1. The van der Waals surface area contributed by atoms with Crippen LogP contribution in [-0.4, -0.2) is 17.8 Å². The number of Topliss-reactive ketones (excluding diaryl/α,β-unsaturated/α-hetero) is 1. The Balaban J connectivity index is 2.25. The highest BCUT2D eigenvalue weighted by Crippen LogP contribution is 2.28. The number of ether oxygens (including phenoxy) is 1. The van der Waals surface area contributed by atoms with Gasteiger partial charge in [0.25, 0.3) is 0 Å². The van der Waals surface area contributed by atoms with Crippen LogP contribution in [-0.2, 0) is 6.42 Å². The van der Waals surface area contributed by atoms with Gasteiger partial charge in [-0.05, 0) is 24.6 Å². The minimum absolute atomic E-state index is 0.145. The Morgan fingerprint density at radius 1 is 1.19 bits per heavy atom. The fourth-order valence-electron chi connectivity index (χ4n) is 2.00. The number of ketones is 1. The van der Waals surface area contributed by atoms with Gasteiger partial charge >= 0.3 is 5.69 Å². The van der Waals surface area contributed by atoms with Crippen molar-refractivity contribution < 1.29 is 14.5 Å².